The quantitative estimate of drug-likeness (QED) is 0.576. The van der Waals surface area contributed by atoms with Crippen LogP contribution in [0.15, 0.2) is 66.7 Å². The van der Waals surface area contributed by atoms with E-state index in [2.05, 4.69) is 50.9 Å². The molecule has 0 aromatic heterocycles. The molecule has 2 amide bonds. The summed E-state index contributed by atoms with van der Waals surface area (Å²) in [5.41, 5.74) is 6.30. The van der Waals surface area contributed by atoms with E-state index in [1.54, 1.807) is 0 Å². The average molecular weight is 448 g/mol. The third kappa shape index (κ3) is 6.91. The first kappa shape index (κ1) is 23.0. The van der Waals surface area contributed by atoms with Gasteiger partial charge in [0.15, 0.2) is 0 Å². The van der Waals surface area contributed by atoms with Crippen molar-refractivity contribution < 1.29 is 9.59 Å². The molecule has 0 saturated carbocycles. The Morgan fingerprint density at radius 3 is 2.30 bits per heavy atom. The lowest BCUT2D eigenvalue weighted by Gasteiger charge is -2.34. The number of carbonyl (C=O) groups excluding carboxylic acids is 2. The second kappa shape index (κ2) is 11.6. The zero-order valence-corrected chi connectivity index (χ0v) is 19.1. The van der Waals surface area contributed by atoms with Crippen LogP contribution in [0, 0.1) is 0 Å². The molecule has 2 aliphatic rings. The summed E-state index contributed by atoms with van der Waals surface area (Å²) in [6.07, 6.45) is 3.06. The summed E-state index contributed by atoms with van der Waals surface area (Å²) >= 11 is 0. The number of hydrazine groups is 1. The highest BCUT2D eigenvalue weighted by Gasteiger charge is 2.22. The third-order valence-electron chi connectivity index (χ3n) is 6.11. The number of rotatable bonds is 9. The smallest absolute Gasteiger partial charge is 0.245 e. The van der Waals surface area contributed by atoms with Crippen LogP contribution in [0.1, 0.15) is 24.0 Å². The lowest BCUT2D eigenvalue weighted by molar-refractivity contribution is -0.137. The predicted octanol–water partition coefficient (Wildman–Crippen LogP) is 2.09. The van der Waals surface area contributed by atoms with E-state index >= 15 is 0 Å². The zero-order valence-electron chi connectivity index (χ0n) is 19.1. The highest BCUT2D eigenvalue weighted by Crippen LogP contribution is 2.16. The van der Waals surface area contributed by atoms with E-state index in [1.165, 1.54) is 10.6 Å². The molecule has 1 saturated heterocycles. The van der Waals surface area contributed by atoms with E-state index in [9.17, 15) is 9.59 Å². The Morgan fingerprint density at radius 2 is 1.58 bits per heavy atom. The molecule has 7 heteroatoms. The van der Waals surface area contributed by atoms with Crippen LogP contribution in [0.2, 0.25) is 0 Å². The third-order valence-corrected chi connectivity index (χ3v) is 6.11. The fraction of sp³-hybridized carbons (Fsp3) is 0.385. The largest absolute Gasteiger partial charge is 0.354 e. The average Bonchev–Trinajstić information content (AvgIpc) is 2.85. The molecule has 0 radical (unpaired) electrons. The van der Waals surface area contributed by atoms with Crippen LogP contribution >= 0.6 is 0 Å². The molecule has 1 fully saturated rings. The van der Waals surface area contributed by atoms with Crippen LogP contribution in [0.3, 0.4) is 0 Å². The number of carbonyl (C=O) groups is 2. The Hall–Kier alpha value is -3.16. The highest BCUT2D eigenvalue weighted by atomic mass is 16.2. The summed E-state index contributed by atoms with van der Waals surface area (Å²) < 4.78 is 0. The summed E-state index contributed by atoms with van der Waals surface area (Å²) in [5.74, 6) is -0.240. The molecular weight excluding hydrogens is 414 g/mol. The molecule has 174 valence electrons. The SMILES string of the molecule is O=C(CN1NC(c2ccccc2)=CCC1=O)NCCCN1CCN(Cc2ccccc2)CC1. The Balaban J connectivity index is 1.11. The maximum atomic E-state index is 12.4. The number of hydrogen-bond acceptors (Lipinski definition) is 5. The molecule has 33 heavy (non-hydrogen) atoms. The fourth-order valence-electron chi connectivity index (χ4n) is 4.22. The van der Waals surface area contributed by atoms with Crippen LogP contribution in [-0.2, 0) is 16.1 Å². The maximum Gasteiger partial charge on any atom is 0.245 e. The number of nitrogens with one attached hydrogen (secondary N) is 2. The second-order valence-corrected chi connectivity index (χ2v) is 8.59. The van der Waals surface area contributed by atoms with E-state index in [-0.39, 0.29) is 18.4 Å². The molecule has 0 aliphatic carbocycles. The van der Waals surface area contributed by atoms with Crippen molar-refractivity contribution >= 4 is 17.5 Å². The van der Waals surface area contributed by atoms with E-state index in [4.69, 9.17) is 0 Å². The first-order valence-electron chi connectivity index (χ1n) is 11.8. The van der Waals surface area contributed by atoms with Crippen molar-refractivity contribution in [3.8, 4) is 0 Å². The molecule has 0 unspecified atom stereocenters. The number of benzene rings is 2. The van der Waals surface area contributed by atoms with Crippen molar-refractivity contribution in [3.63, 3.8) is 0 Å². The van der Waals surface area contributed by atoms with Crippen molar-refractivity contribution in [1.82, 2.24) is 25.6 Å². The second-order valence-electron chi connectivity index (χ2n) is 8.59. The van der Waals surface area contributed by atoms with E-state index < -0.39 is 0 Å². The molecule has 2 aliphatic heterocycles. The minimum atomic E-state index is -0.141. The van der Waals surface area contributed by atoms with Gasteiger partial charge in [0.1, 0.15) is 6.54 Å². The Labute approximate surface area is 196 Å². The van der Waals surface area contributed by atoms with Gasteiger partial charge in [-0.05, 0) is 30.2 Å². The minimum absolute atomic E-state index is 0.0150. The standard InChI is InChI=1S/C26H33N5O2/c32-25(21-31-26(33)13-12-24(28-31)23-10-5-2-6-11-23)27-14-7-15-29-16-18-30(19-17-29)20-22-8-3-1-4-9-22/h1-6,8-12,28H,7,13-21H2,(H,27,32). The van der Waals surface area contributed by atoms with Crippen molar-refractivity contribution in [1.29, 1.82) is 0 Å². The number of piperazine rings is 1. The van der Waals surface area contributed by atoms with Gasteiger partial charge in [-0.25, -0.2) is 5.01 Å². The fourth-order valence-corrected chi connectivity index (χ4v) is 4.22. The van der Waals surface area contributed by atoms with Gasteiger partial charge >= 0.3 is 0 Å². The van der Waals surface area contributed by atoms with E-state index in [0.29, 0.717) is 13.0 Å². The van der Waals surface area contributed by atoms with Gasteiger partial charge in [-0.3, -0.25) is 19.9 Å². The maximum absolute atomic E-state index is 12.4. The van der Waals surface area contributed by atoms with Crippen LogP contribution in [0.25, 0.3) is 5.70 Å². The highest BCUT2D eigenvalue weighted by molar-refractivity contribution is 5.88. The van der Waals surface area contributed by atoms with Crippen molar-refractivity contribution in [2.24, 2.45) is 0 Å². The number of nitrogens with zero attached hydrogens (tertiary/aromatic N) is 3. The van der Waals surface area contributed by atoms with Gasteiger partial charge in [-0.2, -0.15) is 0 Å². The lowest BCUT2D eigenvalue weighted by Crippen LogP contribution is -2.49. The lowest BCUT2D eigenvalue weighted by atomic mass is 10.1. The molecule has 0 bridgehead atoms. The number of amides is 2. The monoisotopic (exact) mass is 447 g/mol. The van der Waals surface area contributed by atoms with Gasteiger partial charge in [-0.15, -0.1) is 0 Å². The predicted molar refractivity (Wildman–Crippen MR) is 130 cm³/mol. The van der Waals surface area contributed by atoms with Crippen molar-refractivity contribution in [2.75, 3.05) is 45.8 Å². The molecular formula is C26H33N5O2. The Morgan fingerprint density at radius 1 is 0.909 bits per heavy atom. The van der Waals surface area contributed by atoms with Gasteiger partial charge in [0.05, 0.1) is 5.70 Å². The summed E-state index contributed by atoms with van der Waals surface area (Å²) in [7, 11) is 0. The van der Waals surface area contributed by atoms with Crippen LogP contribution < -0.4 is 10.7 Å². The molecule has 0 atom stereocenters. The topological polar surface area (TPSA) is 67.9 Å². The molecule has 2 aromatic rings. The molecule has 0 spiro atoms. The molecule has 2 aromatic carbocycles. The first-order valence-corrected chi connectivity index (χ1v) is 11.8. The Bertz CT molecular complexity index is 940. The van der Waals surface area contributed by atoms with E-state index in [1.807, 2.05) is 36.4 Å². The van der Waals surface area contributed by atoms with Gasteiger partial charge in [0, 0.05) is 45.7 Å². The molecule has 2 N–H and O–H groups in total. The first-order chi connectivity index (χ1) is 16.2. The zero-order chi connectivity index (χ0) is 22.9. The molecule has 2 heterocycles. The van der Waals surface area contributed by atoms with Crippen molar-refractivity contribution in [3.05, 3.63) is 77.9 Å². The van der Waals surface area contributed by atoms with E-state index in [0.717, 1.165) is 56.9 Å². The van der Waals surface area contributed by atoms with Crippen LogP contribution in [-0.4, -0.2) is 72.4 Å². The van der Waals surface area contributed by atoms with Gasteiger partial charge in [0.25, 0.3) is 0 Å². The summed E-state index contributed by atoms with van der Waals surface area (Å²) in [6, 6.07) is 20.4. The van der Waals surface area contributed by atoms with Gasteiger partial charge in [0.2, 0.25) is 11.8 Å². The van der Waals surface area contributed by atoms with Crippen molar-refractivity contribution in [2.45, 2.75) is 19.4 Å². The minimum Gasteiger partial charge on any atom is -0.354 e. The van der Waals surface area contributed by atoms with Crippen LogP contribution in [0.4, 0.5) is 0 Å². The Kier molecular flexibility index (Phi) is 8.11. The molecule has 4 rings (SSSR count). The molecule has 7 nitrogen and oxygen atoms in total. The normalized spacial score (nSPS) is 17.4. The number of hydrogen-bond donors (Lipinski definition) is 2. The van der Waals surface area contributed by atoms with Gasteiger partial charge < -0.3 is 10.2 Å². The summed E-state index contributed by atoms with van der Waals surface area (Å²) in [5, 5.41) is 4.36. The summed E-state index contributed by atoms with van der Waals surface area (Å²) in [6.45, 7) is 6.87. The van der Waals surface area contributed by atoms with Gasteiger partial charge in [-0.1, -0.05) is 60.7 Å². The summed E-state index contributed by atoms with van der Waals surface area (Å²) in [4.78, 5) is 29.5. The van der Waals surface area contributed by atoms with Crippen LogP contribution in [0.5, 0.6) is 0 Å².